The van der Waals surface area contributed by atoms with Crippen molar-refractivity contribution in [1.29, 1.82) is 5.26 Å². The van der Waals surface area contributed by atoms with Crippen molar-refractivity contribution in [2.45, 2.75) is 25.5 Å². The molecule has 0 spiro atoms. The van der Waals surface area contributed by atoms with E-state index in [0.717, 1.165) is 32.5 Å². The van der Waals surface area contributed by atoms with Crippen LogP contribution in [-0.2, 0) is 16.1 Å². The summed E-state index contributed by atoms with van der Waals surface area (Å²) in [6, 6.07) is 9.73. The number of nitrogens with zero attached hydrogens (tertiary/aromatic N) is 2. The molecule has 0 atom stereocenters. The zero-order valence-corrected chi connectivity index (χ0v) is 11.3. The Morgan fingerprint density at radius 1 is 1.35 bits per heavy atom. The number of piperidine rings is 1. The van der Waals surface area contributed by atoms with Gasteiger partial charge in [-0.05, 0) is 30.5 Å². The van der Waals surface area contributed by atoms with E-state index in [0.29, 0.717) is 5.56 Å². The quantitative estimate of drug-likeness (QED) is 0.883. The molecule has 106 valence electrons. The number of carboxylic acids is 1. The molecule has 1 saturated heterocycles. The van der Waals surface area contributed by atoms with E-state index in [1.165, 1.54) is 5.56 Å². The Balaban J connectivity index is 1.76. The summed E-state index contributed by atoms with van der Waals surface area (Å²) in [5.74, 6) is -0.912. The number of aliphatic carboxylic acids is 1. The van der Waals surface area contributed by atoms with Crippen LogP contribution in [0.25, 0.3) is 0 Å². The van der Waals surface area contributed by atoms with Gasteiger partial charge in [0.2, 0.25) is 0 Å². The summed E-state index contributed by atoms with van der Waals surface area (Å²) in [6.07, 6.45) is 1.79. The molecular weight excluding hydrogens is 256 g/mol. The maximum absolute atomic E-state index is 10.4. The van der Waals surface area contributed by atoms with E-state index in [1.807, 2.05) is 24.3 Å². The lowest BCUT2D eigenvalue weighted by Crippen LogP contribution is -2.37. The second-order valence-corrected chi connectivity index (χ2v) is 4.99. The first-order valence-corrected chi connectivity index (χ1v) is 6.72. The van der Waals surface area contributed by atoms with Gasteiger partial charge in [0, 0.05) is 19.6 Å². The van der Waals surface area contributed by atoms with Gasteiger partial charge >= 0.3 is 5.97 Å². The third-order valence-electron chi connectivity index (χ3n) is 3.47. The molecule has 1 aromatic carbocycles. The Labute approximate surface area is 118 Å². The Morgan fingerprint density at radius 3 is 2.55 bits per heavy atom. The van der Waals surface area contributed by atoms with Gasteiger partial charge in [0.1, 0.15) is 6.61 Å². The summed E-state index contributed by atoms with van der Waals surface area (Å²) in [5.41, 5.74) is 1.86. The summed E-state index contributed by atoms with van der Waals surface area (Å²) < 4.78 is 5.31. The van der Waals surface area contributed by atoms with E-state index >= 15 is 0 Å². The summed E-state index contributed by atoms with van der Waals surface area (Å²) in [6.45, 7) is 2.46. The Morgan fingerprint density at radius 2 is 2.00 bits per heavy atom. The molecule has 5 heteroatoms. The molecule has 0 saturated carbocycles. The van der Waals surface area contributed by atoms with Gasteiger partial charge in [-0.1, -0.05) is 12.1 Å². The van der Waals surface area contributed by atoms with Crippen molar-refractivity contribution in [2.24, 2.45) is 0 Å². The topological polar surface area (TPSA) is 73.6 Å². The van der Waals surface area contributed by atoms with Crippen LogP contribution in [0, 0.1) is 11.3 Å². The zero-order valence-electron chi connectivity index (χ0n) is 11.3. The number of benzene rings is 1. The minimum absolute atomic E-state index is 0.0586. The normalized spacial score (nSPS) is 16.8. The summed E-state index contributed by atoms with van der Waals surface area (Å²) in [7, 11) is 0. The molecule has 2 rings (SSSR count). The second-order valence-electron chi connectivity index (χ2n) is 4.99. The van der Waals surface area contributed by atoms with Gasteiger partial charge in [-0.3, -0.25) is 4.90 Å². The Hall–Kier alpha value is -1.90. The number of likely N-dealkylation sites (tertiary alicyclic amines) is 1. The lowest BCUT2D eigenvalue weighted by Gasteiger charge is -2.31. The highest BCUT2D eigenvalue weighted by Gasteiger charge is 2.20. The van der Waals surface area contributed by atoms with Crippen molar-refractivity contribution in [3.8, 4) is 6.07 Å². The van der Waals surface area contributed by atoms with Crippen molar-refractivity contribution in [3.63, 3.8) is 0 Å². The predicted octanol–water partition coefficient (Wildman–Crippen LogP) is 1.62. The van der Waals surface area contributed by atoms with Crippen LogP contribution in [-0.4, -0.2) is 41.8 Å². The SMILES string of the molecule is N#Cc1ccc(CN2CCC(OCC(=O)O)CC2)cc1. The van der Waals surface area contributed by atoms with Crippen molar-refractivity contribution in [3.05, 3.63) is 35.4 Å². The van der Waals surface area contributed by atoms with E-state index in [4.69, 9.17) is 15.1 Å². The molecule has 5 nitrogen and oxygen atoms in total. The standard InChI is InChI=1S/C15H18N2O3/c16-9-12-1-3-13(4-2-12)10-17-7-5-14(6-8-17)20-11-15(18)19/h1-4,14H,5-8,10-11H2,(H,18,19). The van der Waals surface area contributed by atoms with Crippen molar-refractivity contribution in [2.75, 3.05) is 19.7 Å². The molecule has 0 aliphatic carbocycles. The number of carboxylic acid groups (broad SMARTS) is 1. The summed E-state index contributed by atoms with van der Waals surface area (Å²) in [4.78, 5) is 12.8. The van der Waals surface area contributed by atoms with Crippen LogP contribution in [0.2, 0.25) is 0 Å². The van der Waals surface area contributed by atoms with Crippen LogP contribution in [0.1, 0.15) is 24.0 Å². The molecule has 1 aromatic rings. The zero-order chi connectivity index (χ0) is 14.4. The molecule has 1 heterocycles. The van der Waals surface area contributed by atoms with Crippen molar-refractivity contribution in [1.82, 2.24) is 4.90 Å². The highest BCUT2D eigenvalue weighted by molar-refractivity contribution is 5.68. The van der Waals surface area contributed by atoms with Crippen LogP contribution < -0.4 is 0 Å². The highest BCUT2D eigenvalue weighted by Crippen LogP contribution is 2.16. The van der Waals surface area contributed by atoms with E-state index in [9.17, 15) is 4.79 Å². The first kappa shape index (κ1) is 14.5. The molecule has 1 fully saturated rings. The van der Waals surface area contributed by atoms with Crippen LogP contribution in [0.15, 0.2) is 24.3 Å². The average molecular weight is 274 g/mol. The molecule has 1 aliphatic heterocycles. The number of ether oxygens (including phenoxy) is 1. The molecule has 0 radical (unpaired) electrons. The number of hydrogen-bond donors (Lipinski definition) is 1. The van der Waals surface area contributed by atoms with Gasteiger partial charge in [0.25, 0.3) is 0 Å². The summed E-state index contributed by atoms with van der Waals surface area (Å²) >= 11 is 0. The maximum atomic E-state index is 10.4. The molecule has 1 N–H and O–H groups in total. The van der Waals surface area contributed by atoms with Gasteiger partial charge in [-0.15, -0.1) is 0 Å². The minimum atomic E-state index is -0.912. The average Bonchev–Trinajstić information content (AvgIpc) is 2.47. The van der Waals surface area contributed by atoms with Gasteiger partial charge in [0.05, 0.1) is 17.7 Å². The van der Waals surface area contributed by atoms with Gasteiger partial charge < -0.3 is 9.84 Å². The fraction of sp³-hybridized carbons (Fsp3) is 0.467. The number of nitriles is 1. The first-order valence-electron chi connectivity index (χ1n) is 6.72. The Bertz CT molecular complexity index is 485. The smallest absolute Gasteiger partial charge is 0.329 e. The molecule has 0 bridgehead atoms. The van der Waals surface area contributed by atoms with E-state index < -0.39 is 5.97 Å². The van der Waals surface area contributed by atoms with E-state index in [1.54, 1.807) is 0 Å². The maximum Gasteiger partial charge on any atom is 0.329 e. The van der Waals surface area contributed by atoms with Crippen LogP contribution in [0.4, 0.5) is 0 Å². The molecule has 20 heavy (non-hydrogen) atoms. The van der Waals surface area contributed by atoms with E-state index in [2.05, 4.69) is 11.0 Å². The molecule has 1 aliphatic rings. The number of hydrogen-bond acceptors (Lipinski definition) is 4. The molecule has 0 aromatic heterocycles. The van der Waals surface area contributed by atoms with Gasteiger partial charge in [0.15, 0.2) is 0 Å². The lowest BCUT2D eigenvalue weighted by molar-refractivity contribution is -0.145. The third-order valence-corrected chi connectivity index (χ3v) is 3.47. The summed E-state index contributed by atoms with van der Waals surface area (Å²) in [5, 5.41) is 17.3. The Kier molecular flexibility index (Phi) is 5.10. The van der Waals surface area contributed by atoms with Gasteiger partial charge in [-0.2, -0.15) is 5.26 Å². The second kappa shape index (κ2) is 7.04. The highest BCUT2D eigenvalue weighted by atomic mass is 16.5. The molecule has 0 unspecified atom stereocenters. The predicted molar refractivity (Wildman–Crippen MR) is 73.0 cm³/mol. The fourth-order valence-electron chi connectivity index (χ4n) is 2.37. The number of carbonyl (C=O) groups is 1. The van der Waals surface area contributed by atoms with Gasteiger partial charge in [-0.25, -0.2) is 4.79 Å². The van der Waals surface area contributed by atoms with Crippen LogP contribution in [0.3, 0.4) is 0 Å². The van der Waals surface area contributed by atoms with Crippen LogP contribution >= 0.6 is 0 Å². The fourth-order valence-corrected chi connectivity index (χ4v) is 2.37. The first-order chi connectivity index (χ1) is 9.67. The van der Waals surface area contributed by atoms with Crippen LogP contribution in [0.5, 0.6) is 0 Å². The largest absolute Gasteiger partial charge is 0.480 e. The van der Waals surface area contributed by atoms with E-state index in [-0.39, 0.29) is 12.7 Å². The monoisotopic (exact) mass is 274 g/mol. The van der Waals surface area contributed by atoms with Crippen molar-refractivity contribution < 1.29 is 14.6 Å². The molecular formula is C15H18N2O3. The number of rotatable bonds is 5. The lowest BCUT2D eigenvalue weighted by atomic mass is 10.1. The minimum Gasteiger partial charge on any atom is -0.480 e. The third kappa shape index (κ3) is 4.34. The van der Waals surface area contributed by atoms with Crippen molar-refractivity contribution >= 4 is 5.97 Å². The molecule has 0 amide bonds.